The largest absolute Gasteiger partial charge is 0.478 e. The van der Waals surface area contributed by atoms with E-state index in [1.54, 1.807) is 6.07 Å². The third-order valence-electron chi connectivity index (χ3n) is 2.25. The lowest BCUT2D eigenvalue weighted by Crippen LogP contribution is -2.12. The Kier molecular flexibility index (Phi) is 5.82. The summed E-state index contributed by atoms with van der Waals surface area (Å²) in [7, 11) is 0. The molecule has 0 aliphatic carbocycles. The Hall–Kier alpha value is -0.870. The third-order valence-corrected chi connectivity index (χ3v) is 2.45. The molecular weight excluding hydrogens is 252 g/mol. The first-order valence-electron chi connectivity index (χ1n) is 6.15. The lowest BCUT2D eigenvalue weighted by molar-refractivity contribution is 0.127. The van der Waals surface area contributed by atoms with Crippen LogP contribution in [-0.4, -0.2) is 23.2 Å². The number of halogens is 1. The van der Waals surface area contributed by atoms with Gasteiger partial charge in [-0.2, -0.15) is 4.98 Å². The van der Waals surface area contributed by atoms with E-state index >= 15 is 0 Å². The van der Waals surface area contributed by atoms with E-state index in [1.165, 1.54) is 0 Å². The molecule has 1 rings (SSSR count). The molecule has 4 nitrogen and oxygen atoms in total. The zero-order chi connectivity index (χ0) is 13.6. The highest BCUT2D eigenvalue weighted by molar-refractivity contribution is 6.29. The molecule has 0 fully saturated rings. The SMILES string of the molecule is CCOCc1nc(Cl)cc(OCCC(C)(C)C)n1. The van der Waals surface area contributed by atoms with Gasteiger partial charge >= 0.3 is 0 Å². The Labute approximate surface area is 114 Å². The summed E-state index contributed by atoms with van der Waals surface area (Å²) in [6, 6.07) is 1.62. The summed E-state index contributed by atoms with van der Waals surface area (Å²) in [5.74, 6) is 1.06. The quantitative estimate of drug-likeness (QED) is 0.744. The van der Waals surface area contributed by atoms with Crippen LogP contribution >= 0.6 is 11.6 Å². The van der Waals surface area contributed by atoms with Crippen LogP contribution in [0.25, 0.3) is 0 Å². The second kappa shape index (κ2) is 6.90. The molecule has 0 amide bonds. The molecule has 1 aromatic heterocycles. The van der Waals surface area contributed by atoms with Gasteiger partial charge in [0.25, 0.3) is 0 Å². The highest BCUT2D eigenvalue weighted by Gasteiger charge is 2.11. The Balaban J connectivity index is 2.57. The molecule has 0 saturated heterocycles. The summed E-state index contributed by atoms with van der Waals surface area (Å²) < 4.78 is 10.8. The van der Waals surface area contributed by atoms with Crippen LogP contribution in [0.15, 0.2) is 6.07 Å². The van der Waals surface area contributed by atoms with Gasteiger partial charge in [-0.1, -0.05) is 32.4 Å². The van der Waals surface area contributed by atoms with Crippen molar-refractivity contribution in [3.63, 3.8) is 0 Å². The fourth-order valence-electron chi connectivity index (χ4n) is 1.24. The minimum atomic E-state index is 0.241. The monoisotopic (exact) mass is 272 g/mol. The van der Waals surface area contributed by atoms with Crippen molar-refractivity contribution in [2.45, 2.75) is 40.7 Å². The summed E-state index contributed by atoms with van der Waals surface area (Å²) in [6.07, 6.45) is 0.954. The molecule has 0 bridgehead atoms. The number of ether oxygens (including phenoxy) is 2. The smallest absolute Gasteiger partial charge is 0.218 e. The topological polar surface area (TPSA) is 44.2 Å². The molecule has 0 unspecified atom stereocenters. The first-order valence-corrected chi connectivity index (χ1v) is 6.52. The predicted octanol–water partition coefficient (Wildman–Crippen LogP) is 3.48. The van der Waals surface area contributed by atoms with Gasteiger partial charge in [0, 0.05) is 12.7 Å². The van der Waals surface area contributed by atoms with Crippen LogP contribution in [0.5, 0.6) is 5.88 Å². The van der Waals surface area contributed by atoms with Gasteiger partial charge < -0.3 is 9.47 Å². The number of rotatable bonds is 6. The summed E-state index contributed by atoms with van der Waals surface area (Å²) in [5.41, 5.74) is 0.241. The Morgan fingerprint density at radius 1 is 1.28 bits per heavy atom. The van der Waals surface area contributed by atoms with Crippen LogP contribution in [0.1, 0.15) is 39.9 Å². The van der Waals surface area contributed by atoms with Crippen molar-refractivity contribution in [1.29, 1.82) is 0 Å². The third kappa shape index (κ3) is 6.17. The van der Waals surface area contributed by atoms with Gasteiger partial charge in [0.1, 0.15) is 11.8 Å². The predicted molar refractivity (Wildman–Crippen MR) is 71.9 cm³/mol. The fraction of sp³-hybridized carbons (Fsp3) is 0.692. The second-order valence-corrected chi connectivity index (χ2v) is 5.63. The first-order chi connectivity index (χ1) is 8.40. The van der Waals surface area contributed by atoms with Gasteiger partial charge in [0.15, 0.2) is 5.82 Å². The van der Waals surface area contributed by atoms with E-state index in [4.69, 9.17) is 21.1 Å². The van der Waals surface area contributed by atoms with Gasteiger partial charge in [0.2, 0.25) is 5.88 Å². The maximum atomic E-state index is 5.91. The molecule has 0 aromatic carbocycles. The van der Waals surface area contributed by atoms with Crippen molar-refractivity contribution >= 4 is 11.6 Å². The number of hydrogen-bond acceptors (Lipinski definition) is 4. The van der Waals surface area contributed by atoms with Crippen LogP contribution in [0.3, 0.4) is 0 Å². The fourth-order valence-corrected chi connectivity index (χ4v) is 1.43. The van der Waals surface area contributed by atoms with Crippen LogP contribution in [0, 0.1) is 5.41 Å². The minimum Gasteiger partial charge on any atom is -0.478 e. The first kappa shape index (κ1) is 15.2. The van der Waals surface area contributed by atoms with E-state index in [9.17, 15) is 0 Å². The molecule has 0 aliphatic rings. The maximum Gasteiger partial charge on any atom is 0.218 e. The van der Waals surface area contributed by atoms with Gasteiger partial charge in [0.05, 0.1) is 6.61 Å². The molecule has 0 saturated carbocycles. The van der Waals surface area contributed by atoms with E-state index in [0.29, 0.717) is 36.7 Å². The highest BCUT2D eigenvalue weighted by Crippen LogP contribution is 2.20. The molecule has 18 heavy (non-hydrogen) atoms. The van der Waals surface area contributed by atoms with Crippen molar-refractivity contribution in [2.75, 3.05) is 13.2 Å². The summed E-state index contributed by atoms with van der Waals surface area (Å²) in [5, 5.41) is 0.380. The van der Waals surface area contributed by atoms with Crippen molar-refractivity contribution in [3.8, 4) is 5.88 Å². The zero-order valence-electron chi connectivity index (χ0n) is 11.5. The zero-order valence-corrected chi connectivity index (χ0v) is 12.3. The molecular formula is C13H21ClN2O2. The van der Waals surface area contributed by atoms with Crippen LogP contribution in [0.2, 0.25) is 5.15 Å². The maximum absolute atomic E-state index is 5.91. The van der Waals surface area contributed by atoms with Gasteiger partial charge in [-0.15, -0.1) is 0 Å². The Morgan fingerprint density at radius 3 is 2.61 bits per heavy atom. The minimum absolute atomic E-state index is 0.241. The lowest BCUT2D eigenvalue weighted by Gasteiger charge is -2.17. The molecule has 102 valence electrons. The second-order valence-electron chi connectivity index (χ2n) is 5.24. The Bertz CT molecular complexity index is 378. The van der Waals surface area contributed by atoms with Crippen molar-refractivity contribution in [3.05, 3.63) is 17.0 Å². The van der Waals surface area contributed by atoms with E-state index < -0.39 is 0 Å². The van der Waals surface area contributed by atoms with Gasteiger partial charge in [-0.25, -0.2) is 4.98 Å². The van der Waals surface area contributed by atoms with Crippen molar-refractivity contribution in [1.82, 2.24) is 9.97 Å². The van der Waals surface area contributed by atoms with Crippen LogP contribution < -0.4 is 4.74 Å². The van der Waals surface area contributed by atoms with E-state index in [-0.39, 0.29) is 5.41 Å². The highest BCUT2D eigenvalue weighted by atomic mass is 35.5. The van der Waals surface area contributed by atoms with Crippen LogP contribution in [0.4, 0.5) is 0 Å². The number of nitrogens with zero attached hydrogens (tertiary/aromatic N) is 2. The van der Waals surface area contributed by atoms with E-state index in [1.807, 2.05) is 6.92 Å². The molecule has 0 aliphatic heterocycles. The van der Waals surface area contributed by atoms with Crippen molar-refractivity contribution in [2.24, 2.45) is 5.41 Å². The van der Waals surface area contributed by atoms with Crippen LogP contribution in [-0.2, 0) is 11.3 Å². The number of aromatic nitrogens is 2. The molecule has 1 aromatic rings. The normalized spacial score (nSPS) is 11.6. The lowest BCUT2D eigenvalue weighted by atomic mass is 9.93. The molecule has 0 N–H and O–H groups in total. The number of hydrogen-bond donors (Lipinski definition) is 0. The van der Waals surface area contributed by atoms with Gasteiger partial charge in [-0.3, -0.25) is 0 Å². The average molecular weight is 273 g/mol. The molecule has 5 heteroatoms. The summed E-state index contributed by atoms with van der Waals surface area (Å²) in [6.45, 7) is 10.0. The summed E-state index contributed by atoms with van der Waals surface area (Å²) in [4.78, 5) is 8.33. The molecule has 1 heterocycles. The summed E-state index contributed by atoms with van der Waals surface area (Å²) >= 11 is 5.91. The standard InChI is InChI=1S/C13H21ClN2O2/c1-5-17-9-11-15-10(14)8-12(16-11)18-7-6-13(2,3)4/h8H,5-7,9H2,1-4H3. The molecule has 0 atom stereocenters. The molecule has 0 spiro atoms. The van der Waals surface area contributed by atoms with Crippen molar-refractivity contribution < 1.29 is 9.47 Å². The van der Waals surface area contributed by atoms with E-state index in [0.717, 1.165) is 6.42 Å². The Morgan fingerprint density at radius 2 is 2.00 bits per heavy atom. The average Bonchev–Trinajstić information content (AvgIpc) is 2.24. The van der Waals surface area contributed by atoms with E-state index in [2.05, 4.69) is 30.7 Å². The molecule has 0 radical (unpaired) electrons. The van der Waals surface area contributed by atoms with Gasteiger partial charge in [-0.05, 0) is 18.8 Å².